The van der Waals surface area contributed by atoms with E-state index in [9.17, 15) is 14.4 Å². The first-order valence-corrected chi connectivity index (χ1v) is 7.82. The maximum atomic E-state index is 12.2. The molecule has 6 heteroatoms. The van der Waals surface area contributed by atoms with E-state index in [-0.39, 0.29) is 12.6 Å². The van der Waals surface area contributed by atoms with Crippen molar-refractivity contribution in [3.05, 3.63) is 40.8 Å². The fraction of sp³-hybridized carbons (Fsp3) is 0.312. The second-order valence-electron chi connectivity index (χ2n) is 4.89. The fourth-order valence-corrected chi connectivity index (χ4v) is 2.65. The third-order valence-electron chi connectivity index (χ3n) is 3.17. The molecule has 2 rings (SSSR count). The minimum absolute atomic E-state index is 0.229. The van der Waals surface area contributed by atoms with Crippen LogP contribution in [0.15, 0.2) is 35.2 Å². The molecule has 116 valence electrons. The van der Waals surface area contributed by atoms with E-state index in [4.69, 9.17) is 4.74 Å². The van der Waals surface area contributed by atoms with E-state index in [2.05, 4.69) is 0 Å². The number of thioether (sulfide) groups is 1. The SMILES string of the molecule is CC[C@@H](C)OC(=O)CN1C(=O)S/C(=C/c2ccccc2)C1=O. The monoisotopic (exact) mass is 319 g/mol. The number of ether oxygens (including phenoxy) is 1. The van der Waals surface area contributed by atoms with Crippen molar-refractivity contribution in [2.45, 2.75) is 26.4 Å². The number of hydrogen-bond donors (Lipinski definition) is 0. The van der Waals surface area contributed by atoms with E-state index in [0.29, 0.717) is 11.3 Å². The fourth-order valence-electron chi connectivity index (χ4n) is 1.81. The maximum Gasteiger partial charge on any atom is 0.326 e. The number of benzene rings is 1. The Balaban J connectivity index is 2.06. The standard InChI is InChI=1S/C16H17NO4S/c1-3-11(2)21-14(18)10-17-15(19)13(22-16(17)20)9-12-7-5-4-6-8-12/h4-9,11H,3,10H2,1-2H3/b13-9+/t11-/m1/s1. The first-order chi connectivity index (χ1) is 10.5. The Morgan fingerprint density at radius 2 is 2.00 bits per heavy atom. The summed E-state index contributed by atoms with van der Waals surface area (Å²) in [6, 6.07) is 9.24. The highest BCUT2D eigenvalue weighted by atomic mass is 32.2. The Morgan fingerprint density at radius 1 is 1.32 bits per heavy atom. The number of esters is 1. The minimum atomic E-state index is -0.572. The van der Waals surface area contributed by atoms with Crippen molar-refractivity contribution in [1.82, 2.24) is 4.90 Å². The summed E-state index contributed by atoms with van der Waals surface area (Å²) in [5.74, 6) is -1.03. The van der Waals surface area contributed by atoms with Crippen molar-refractivity contribution in [2.75, 3.05) is 6.54 Å². The molecule has 1 saturated heterocycles. The number of nitrogens with zero attached hydrogens (tertiary/aromatic N) is 1. The van der Waals surface area contributed by atoms with E-state index in [0.717, 1.165) is 22.2 Å². The van der Waals surface area contributed by atoms with Gasteiger partial charge in [-0.05, 0) is 36.7 Å². The predicted molar refractivity (Wildman–Crippen MR) is 85.0 cm³/mol. The molecule has 1 aliphatic rings. The van der Waals surface area contributed by atoms with Crippen LogP contribution < -0.4 is 0 Å². The van der Waals surface area contributed by atoms with Crippen molar-refractivity contribution >= 4 is 35.0 Å². The first kappa shape index (κ1) is 16.3. The number of carbonyl (C=O) groups excluding carboxylic acids is 3. The van der Waals surface area contributed by atoms with E-state index in [1.165, 1.54) is 0 Å². The van der Waals surface area contributed by atoms with Gasteiger partial charge in [-0.15, -0.1) is 0 Å². The quantitative estimate of drug-likeness (QED) is 0.616. The van der Waals surface area contributed by atoms with Crippen molar-refractivity contribution in [3.63, 3.8) is 0 Å². The zero-order valence-corrected chi connectivity index (χ0v) is 13.3. The molecular weight excluding hydrogens is 302 g/mol. The Labute approximate surface area is 133 Å². The van der Waals surface area contributed by atoms with Gasteiger partial charge >= 0.3 is 5.97 Å². The predicted octanol–water partition coefficient (Wildman–Crippen LogP) is 3.06. The van der Waals surface area contributed by atoms with Crippen LogP contribution in [0.4, 0.5) is 4.79 Å². The maximum absolute atomic E-state index is 12.2. The van der Waals surface area contributed by atoms with Crippen LogP contribution >= 0.6 is 11.8 Å². The van der Waals surface area contributed by atoms with Crippen molar-refractivity contribution in [1.29, 1.82) is 0 Å². The summed E-state index contributed by atoms with van der Waals surface area (Å²) in [7, 11) is 0. The van der Waals surface area contributed by atoms with Crippen LogP contribution in [0.2, 0.25) is 0 Å². The molecule has 0 bridgehead atoms. The van der Waals surface area contributed by atoms with Gasteiger partial charge in [0.15, 0.2) is 0 Å². The molecule has 0 N–H and O–H groups in total. The number of amides is 2. The summed E-state index contributed by atoms with van der Waals surface area (Å²) in [5, 5.41) is -0.451. The summed E-state index contributed by atoms with van der Waals surface area (Å²) < 4.78 is 5.10. The molecule has 0 aliphatic carbocycles. The number of rotatable bonds is 5. The van der Waals surface area contributed by atoms with E-state index in [1.807, 2.05) is 37.3 Å². The van der Waals surface area contributed by atoms with Gasteiger partial charge in [-0.1, -0.05) is 37.3 Å². The molecule has 2 amide bonds. The molecule has 1 aliphatic heterocycles. The van der Waals surface area contributed by atoms with E-state index < -0.39 is 17.1 Å². The molecule has 0 aromatic heterocycles. The van der Waals surface area contributed by atoms with Gasteiger partial charge in [0, 0.05) is 0 Å². The van der Waals surface area contributed by atoms with Gasteiger partial charge in [-0.3, -0.25) is 19.3 Å². The second-order valence-corrected chi connectivity index (χ2v) is 5.88. The lowest BCUT2D eigenvalue weighted by Crippen LogP contribution is -2.35. The van der Waals surface area contributed by atoms with Crippen LogP contribution in [0.5, 0.6) is 0 Å². The van der Waals surface area contributed by atoms with Crippen LogP contribution in [0.25, 0.3) is 6.08 Å². The van der Waals surface area contributed by atoms with E-state index in [1.54, 1.807) is 13.0 Å². The zero-order chi connectivity index (χ0) is 16.1. The Bertz CT molecular complexity index is 612. The molecule has 1 fully saturated rings. The lowest BCUT2D eigenvalue weighted by Gasteiger charge is -2.14. The summed E-state index contributed by atoms with van der Waals surface area (Å²) in [6.07, 6.45) is 2.10. The summed E-state index contributed by atoms with van der Waals surface area (Å²) in [6.45, 7) is 3.31. The minimum Gasteiger partial charge on any atom is -0.461 e. The van der Waals surface area contributed by atoms with Crippen molar-refractivity contribution in [2.24, 2.45) is 0 Å². The number of imide groups is 1. The van der Waals surface area contributed by atoms with Gasteiger partial charge in [0.25, 0.3) is 11.1 Å². The van der Waals surface area contributed by atoms with Gasteiger partial charge in [0.1, 0.15) is 6.54 Å². The summed E-state index contributed by atoms with van der Waals surface area (Å²) >= 11 is 0.834. The molecule has 5 nitrogen and oxygen atoms in total. The van der Waals surface area contributed by atoms with Gasteiger partial charge in [-0.2, -0.15) is 0 Å². The highest BCUT2D eigenvalue weighted by Crippen LogP contribution is 2.32. The van der Waals surface area contributed by atoms with Crippen LogP contribution in [-0.2, 0) is 14.3 Å². The molecule has 1 aromatic carbocycles. The van der Waals surface area contributed by atoms with E-state index >= 15 is 0 Å². The molecule has 0 spiro atoms. The van der Waals surface area contributed by atoms with Gasteiger partial charge in [-0.25, -0.2) is 0 Å². The third kappa shape index (κ3) is 3.98. The van der Waals surface area contributed by atoms with Gasteiger partial charge in [0.05, 0.1) is 11.0 Å². The first-order valence-electron chi connectivity index (χ1n) is 7.01. The normalized spacial score (nSPS) is 17.9. The Kier molecular flexibility index (Phi) is 5.38. The van der Waals surface area contributed by atoms with Crippen molar-refractivity contribution < 1.29 is 19.1 Å². The van der Waals surface area contributed by atoms with Crippen LogP contribution in [-0.4, -0.2) is 34.7 Å². The highest BCUT2D eigenvalue weighted by molar-refractivity contribution is 8.18. The van der Waals surface area contributed by atoms with Crippen LogP contribution in [0, 0.1) is 0 Å². The average molecular weight is 319 g/mol. The topological polar surface area (TPSA) is 63.7 Å². The number of carbonyl (C=O) groups is 3. The lowest BCUT2D eigenvalue weighted by atomic mass is 10.2. The molecule has 0 radical (unpaired) electrons. The summed E-state index contributed by atoms with van der Waals surface area (Å²) in [5.41, 5.74) is 0.829. The Hall–Kier alpha value is -2.08. The molecule has 0 saturated carbocycles. The average Bonchev–Trinajstić information content (AvgIpc) is 2.75. The Morgan fingerprint density at radius 3 is 2.64 bits per heavy atom. The second kappa shape index (κ2) is 7.26. The molecule has 1 aromatic rings. The molecule has 1 atom stereocenters. The molecule has 0 unspecified atom stereocenters. The lowest BCUT2D eigenvalue weighted by molar-refractivity contribution is -0.150. The molecule has 22 heavy (non-hydrogen) atoms. The summed E-state index contributed by atoms with van der Waals surface area (Å²) in [4.78, 5) is 37.1. The third-order valence-corrected chi connectivity index (χ3v) is 4.07. The smallest absolute Gasteiger partial charge is 0.326 e. The molecular formula is C16H17NO4S. The number of hydrogen-bond acceptors (Lipinski definition) is 5. The largest absolute Gasteiger partial charge is 0.461 e. The molecule has 1 heterocycles. The highest BCUT2D eigenvalue weighted by Gasteiger charge is 2.36. The van der Waals surface area contributed by atoms with Gasteiger partial charge < -0.3 is 4.74 Å². The van der Waals surface area contributed by atoms with Crippen LogP contribution in [0.1, 0.15) is 25.8 Å². The van der Waals surface area contributed by atoms with Crippen LogP contribution in [0.3, 0.4) is 0 Å². The van der Waals surface area contributed by atoms with Gasteiger partial charge in [0.2, 0.25) is 0 Å². The van der Waals surface area contributed by atoms with Crippen molar-refractivity contribution in [3.8, 4) is 0 Å². The zero-order valence-electron chi connectivity index (χ0n) is 12.4.